The van der Waals surface area contributed by atoms with E-state index in [1.54, 1.807) is 0 Å². The van der Waals surface area contributed by atoms with Crippen molar-refractivity contribution in [2.75, 3.05) is 7.05 Å². The minimum absolute atomic E-state index is 0.419. The van der Waals surface area contributed by atoms with Crippen LogP contribution in [0.25, 0.3) is 0 Å². The molecular weight excluding hydrogens is 122 g/mol. The van der Waals surface area contributed by atoms with Crippen LogP contribution in [0.5, 0.6) is 0 Å². The van der Waals surface area contributed by atoms with Crippen LogP contribution in [0.2, 0.25) is 0 Å². The van der Waals surface area contributed by atoms with Crippen molar-refractivity contribution in [1.82, 2.24) is 5.32 Å². The molecule has 1 heteroatoms. The summed E-state index contributed by atoms with van der Waals surface area (Å²) in [6, 6.07) is 0.611. The molecule has 0 heterocycles. The lowest BCUT2D eigenvalue weighted by Gasteiger charge is -2.32. The number of nitrogens with one attached hydrogen (secondary N) is 1. The summed E-state index contributed by atoms with van der Waals surface area (Å²) in [4.78, 5) is 0. The molecule has 1 nitrogen and oxygen atoms in total. The Labute approximate surface area is 65.2 Å². The van der Waals surface area contributed by atoms with Gasteiger partial charge >= 0.3 is 0 Å². The molecule has 10 heavy (non-hydrogen) atoms. The zero-order chi connectivity index (χ0) is 8.36. The van der Waals surface area contributed by atoms with Gasteiger partial charge in [-0.25, -0.2) is 0 Å². The van der Waals surface area contributed by atoms with Crippen LogP contribution >= 0.6 is 0 Å². The summed E-state index contributed by atoms with van der Waals surface area (Å²) in [6.45, 7) is 11.4. The van der Waals surface area contributed by atoms with Crippen molar-refractivity contribution >= 4 is 0 Å². The van der Waals surface area contributed by atoms with Gasteiger partial charge in [0, 0.05) is 6.04 Å². The predicted octanol–water partition coefficient (Wildman–Crippen LogP) is 2.28. The molecule has 0 bridgehead atoms. The Bertz CT molecular complexity index is 91.4. The zero-order valence-corrected chi connectivity index (χ0v) is 8.15. The summed E-state index contributed by atoms with van der Waals surface area (Å²) >= 11 is 0. The Balaban J connectivity index is 3.94. The molecule has 0 saturated heterocycles. The predicted molar refractivity (Wildman–Crippen MR) is 47.1 cm³/mol. The molecule has 0 rings (SSSR count). The lowest BCUT2D eigenvalue weighted by Crippen LogP contribution is -2.36. The van der Waals surface area contributed by atoms with Crippen molar-refractivity contribution in [3.63, 3.8) is 0 Å². The maximum absolute atomic E-state index is 3.27. The summed E-state index contributed by atoms with van der Waals surface area (Å²) in [5.41, 5.74) is 0.419. The third-order valence-electron chi connectivity index (χ3n) is 2.57. The first kappa shape index (κ1) is 9.96. The fraction of sp³-hybridized carbons (Fsp3) is 1.00. The largest absolute Gasteiger partial charge is 0.317 e. The van der Waals surface area contributed by atoms with Crippen LogP contribution in [-0.2, 0) is 0 Å². The summed E-state index contributed by atoms with van der Waals surface area (Å²) in [5, 5.41) is 3.27. The molecule has 0 unspecified atom stereocenters. The highest BCUT2D eigenvalue weighted by atomic mass is 14.9. The van der Waals surface area contributed by atoms with Crippen LogP contribution in [-0.4, -0.2) is 13.1 Å². The van der Waals surface area contributed by atoms with Gasteiger partial charge in [-0.2, -0.15) is 0 Å². The van der Waals surface area contributed by atoms with Crippen molar-refractivity contribution in [1.29, 1.82) is 0 Å². The fourth-order valence-electron chi connectivity index (χ4n) is 1.00. The Morgan fingerprint density at radius 2 is 1.50 bits per heavy atom. The van der Waals surface area contributed by atoms with Crippen molar-refractivity contribution in [2.24, 2.45) is 11.3 Å². The van der Waals surface area contributed by atoms with Crippen molar-refractivity contribution in [2.45, 2.75) is 40.7 Å². The van der Waals surface area contributed by atoms with E-state index in [1.165, 1.54) is 0 Å². The average molecular weight is 143 g/mol. The quantitative estimate of drug-likeness (QED) is 0.625. The van der Waals surface area contributed by atoms with Crippen LogP contribution in [0.15, 0.2) is 0 Å². The Hall–Kier alpha value is -0.0400. The van der Waals surface area contributed by atoms with Gasteiger partial charge in [0.25, 0.3) is 0 Å². The van der Waals surface area contributed by atoms with Crippen molar-refractivity contribution in [3.05, 3.63) is 0 Å². The highest BCUT2D eigenvalue weighted by Gasteiger charge is 2.23. The SMILES string of the molecule is CN[C@@H](C)[C@@H](C)C(C)(C)C. The van der Waals surface area contributed by atoms with Crippen LogP contribution in [0.3, 0.4) is 0 Å². The third-order valence-corrected chi connectivity index (χ3v) is 2.57. The standard InChI is InChI=1S/C9H21N/c1-7(8(2)10-6)9(3,4)5/h7-8,10H,1-6H3/t7-,8+/m1/s1. The van der Waals surface area contributed by atoms with Crippen molar-refractivity contribution < 1.29 is 0 Å². The molecule has 0 aliphatic rings. The minimum atomic E-state index is 0.419. The molecule has 0 fully saturated rings. The molecule has 0 radical (unpaired) electrons. The Morgan fingerprint density at radius 1 is 1.10 bits per heavy atom. The summed E-state index contributed by atoms with van der Waals surface area (Å²) < 4.78 is 0. The van der Waals surface area contributed by atoms with Crippen LogP contribution in [0.1, 0.15) is 34.6 Å². The second kappa shape index (κ2) is 3.38. The van der Waals surface area contributed by atoms with Crippen molar-refractivity contribution in [3.8, 4) is 0 Å². The van der Waals surface area contributed by atoms with Gasteiger partial charge in [-0.1, -0.05) is 27.7 Å². The summed E-state index contributed by atoms with van der Waals surface area (Å²) in [5.74, 6) is 0.720. The van der Waals surface area contributed by atoms with E-state index in [1.807, 2.05) is 7.05 Å². The molecular formula is C9H21N. The van der Waals surface area contributed by atoms with E-state index in [0.717, 1.165) is 5.92 Å². The normalized spacial score (nSPS) is 18.6. The maximum Gasteiger partial charge on any atom is 0.00663 e. The number of rotatable bonds is 2. The van der Waals surface area contributed by atoms with Crippen LogP contribution < -0.4 is 5.32 Å². The molecule has 0 spiro atoms. The van der Waals surface area contributed by atoms with Gasteiger partial charge in [0.05, 0.1) is 0 Å². The molecule has 2 atom stereocenters. The van der Waals surface area contributed by atoms with Gasteiger partial charge in [-0.05, 0) is 25.3 Å². The molecule has 0 aromatic rings. The van der Waals surface area contributed by atoms with E-state index >= 15 is 0 Å². The van der Waals surface area contributed by atoms with Gasteiger partial charge in [0.1, 0.15) is 0 Å². The Kier molecular flexibility index (Phi) is 3.37. The number of hydrogen-bond donors (Lipinski definition) is 1. The second-order valence-electron chi connectivity index (χ2n) is 4.23. The molecule has 0 aromatic heterocycles. The van der Waals surface area contributed by atoms with E-state index in [0.29, 0.717) is 11.5 Å². The first-order valence-electron chi connectivity index (χ1n) is 4.07. The third kappa shape index (κ3) is 2.70. The molecule has 0 aromatic carbocycles. The van der Waals surface area contributed by atoms with E-state index in [2.05, 4.69) is 39.9 Å². The van der Waals surface area contributed by atoms with E-state index < -0.39 is 0 Å². The van der Waals surface area contributed by atoms with Gasteiger partial charge in [-0.3, -0.25) is 0 Å². The highest BCUT2D eigenvalue weighted by molar-refractivity contribution is 4.77. The zero-order valence-electron chi connectivity index (χ0n) is 8.15. The van der Waals surface area contributed by atoms with Gasteiger partial charge < -0.3 is 5.32 Å². The fourth-order valence-corrected chi connectivity index (χ4v) is 1.00. The van der Waals surface area contributed by atoms with Crippen LogP contribution in [0.4, 0.5) is 0 Å². The van der Waals surface area contributed by atoms with E-state index in [9.17, 15) is 0 Å². The van der Waals surface area contributed by atoms with Crippen LogP contribution in [0, 0.1) is 11.3 Å². The highest BCUT2D eigenvalue weighted by Crippen LogP contribution is 2.27. The van der Waals surface area contributed by atoms with E-state index in [4.69, 9.17) is 0 Å². The minimum Gasteiger partial charge on any atom is -0.317 e. The Morgan fingerprint density at radius 3 is 1.60 bits per heavy atom. The van der Waals surface area contributed by atoms with Gasteiger partial charge in [-0.15, -0.1) is 0 Å². The molecule has 62 valence electrons. The molecule has 1 N–H and O–H groups in total. The average Bonchev–Trinajstić information content (AvgIpc) is 1.83. The summed E-state index contributed by atoms with van der Waals surface area (Å²) in [7, 11) is 2.02. The van der Waals surface area contributed by atoms with Gasteiger partial charge in [0.2, 0.25) is 0 Å². The lowest BCUT2D eigenvalue weighted by atomic mass is 9.78. The monoisotopic (exact) mass is 143 g/mol. The molecule has 0 saturated carbocycles. The lowest BCUT2D eigenvalue weighted by molar-refractivity contribution is 0.212. The smallest absolute Gasteiger partial charge is 0.00663 e. The first-order chi connectivity index (χ1) is 4.39. The molecule has 0 amide bonds. The summed E-state index contributed by atoms with van der Waals surface area (Å²) in [6.07, 6.45) is 0. The molecule has 0 aliphatic carbocycles. The molecule has 0 aliphatic heterocycles. The maximum atomic E-state index is 3.27. The van der Waals surface area contributed by atoms with E-state index in [-0.39, 0.29) is 0 Å². The first-order valence-corrected chi connectivity index (χ1v) is 4.07. The second-order valence-corrected chi connectivity index (χ2v) is 4.23. The number of hydrogen-bond acceptors (Lipinski definition) is 1. The van der Waals surface area contributed by atoms with Gasteiger partial charge in [0.15, 0.2) is 0 Å². The topological polar surface area (TPSA) is 12.0 Å².